The van der Waals surface area contributed by atoms with Crippen LogP contribution in [0.4, 0.5) is 0 Å². The van der Waals surface area contributed by atoms with Crippen LogP contribution in [0.15, 0.2) is 24.3 Å². The lowest BCUT2D eigenvalue weighted by atomic mass is 9.52. The molecular weight excluding hydrogens is 266 g/mol. The summed E-state index contributed by atoms with van der Waals surface area (Å²) in [6.07, 6.45) is 2.69. The van der Waals surface area contributed by atoms with Gasteiger partial charge in [0.2, 0.25) is 0 Å². The highest BCUT2D eigenvalue weighted by molar-refractivity contribution is 5.33. The molecule has 0 spiro atoms. The number of aryl methyl sites for hydroxylation is 1. The molecule has 0 amide bonds. The first-order valence-electron chi connectivity index (χ1n) is 9.23. The topological polar surface area (TPSA) is 3.24 Å². The van der Waals surface area contributed by atoms with Gasteiger partial charge in [-0.05, 0) is 56.7 Å². The van der Waals surface area contributed by atoms with Gasteiger partial charge < -0.3 is 4.90 Å². The first-order valence-corrected chi connectivity index (χ1v) is 9.23. The summed E-state index contributed by atoms with van der Waals surface area (Å²) in [5.41, 5.74) is 3.42. The van der Waals surface area contributed by atoms with E-state index in [9.17, 15) is 0 Å². The molecule has 1 aromatic rings. The molecule has 2 aliphatic rings. The van der Waals surface area contributed by atoms with Crippen molar-refractivity contribution in [1.82, 2.24) is 4.90 Å². The Balaban J connectivity index is 0.000000847. The number of hydrogen-bond donors (Lipinski definition) is 0. The third-order valence-corrected chi connectivity index (χ3v) is 6.52. The van der Waals surface area contributed by atoms with Crippen molar-refractivity contribution in [3.63, 3.8) is 0 Å². The van der Waals surface area contributed by atoms with E-state index in [1.165, 1.54) is 24.9 Å². The maximum atomic E-state index is 2.62. The summed E-state index contributed by atoms with van der Waals surface area (Å²) in [5, 5.41) is 0. The SMILES string of the molecule is CC.Cc1cccc([C@@]23CCN(C)[C@@H](C(C)C(C)C2)[C@H]3C)c1. The van der Waals surface area contributed by atoms with Crippen molar-refractivity contribution in [2.24, 2.45) is 17.8 Å². The van der Waals surface area contributed by atoms with Crippen molar-refractivity contribution in [2.45, 2.75) is 65.8 Å². The predicted molar refractivity (Wildman–Crippen MR) is 97.3 cm³/mol. The van der Waals surface area contributed by atoms with Crippen LogP contribution >= 0.6 is 0 Å². The second-order valence-corrected chi connectivity index (χ2v) is 7.58. The van der Waals surface area contributed by atoms with E-state index in [4.69, 9.17) is 0 Å². The van der Waals surface area contributed by atoms with Crippen LogP contribution in [0.1, 0.15) is 58.6 Å². The van der Waals surface area contributed by atoms with Gasteiger partial charge in [-0.25, -0.2) is 0 Å². The molecule has 0 N–H and O–H groups in total. The molecule has 1 aliphatic heterocycles. The molecule has 3 rings (SSSR count). The fourth-order valence-electron chi connectivity index (χ4n) is 5.18. The maximum Gasteiger partial charge on any atom is 0.0154 e. The van der Waals surface area contributed by atoms with Gasteiger partial charge in [0.05, 0.1) is 0 Å². The van der Waals surface area contributed by atoms with Gasteiger partial charge in [-0.1, -0.05) is 64.4 Å². The minimum Gasteiger partial charge on any atom is -0.303 e. The minimum absolute atomic E-state index is 0.412. The quantitative estimate of drug-likeness (QED) is 0.682. The van der Waals surface area contributed by atoms with Crippen LogP contribution in [0.3, 0.4) is 0 Å². The minimum atomic E-state index is 0.412. The highest BCUT2D eigenvalue weighted by Gasteiger charge is 2.53. The van der Waals surface area contributed by atoms with E-state index in [-0.39, 0.29) is 0 Å². The van der Waals surface area contributed by atoms with Crippen LogP contribution in [0.5, 0.6) is 0 Å². The molecule has 1 saturated heterocycles. The molecular formula is C21H35N. The molecule has 1 nitrogen and oxygen atoms in total. The van der Waals surface area contributed by atoms with Crippen LogP contribution in [0.2, 0.25) is 0 Å². The molecule has 5 atom stereocenters. The molecule has 1 heterocycles. The Morgan fingerprint density at radius 3 is 2.45 bits per heavy atom. The van der Waals surface area contributed by atoms with Gasteiger partial charge >= 0.3 is 0 Å². The third kappa shape index (κ3) is 2.73. The van der Waals surface area contributed by atoms with Crippen LogP contribution in [0, 0.1) is 24.7 Å². The second kappa shape index (κ2) is 6.74. The van der Waals surface area contributed by atoms with Crippen LogP contribution < -0.4 is 0 Å². The number of piperidine rings is 1. The molecule has 0 aromatic heterocycles. The number of rotatable bonds is 1. The Morgan fingerprint density at radius 1 is 1.14 bits per heavy atom. The van der Waals surface area contributed by atoms with Crippen LogP contribution in [-0.2, 0) is 5.41 Å². The normalized spacial score (nSPS) is 38.1. The second-order valence-electron chi connectivity index (χ2n) is 7.58. The molecule has 2 bridgehead atoms. The molecule has 22 heavy (non-hydrogen) atoms. The van der Waals surface area contributed by atoms with Gasteiger partial charge in [-0.15, -0.1) is 0 Å². The number of nitrogens with zero attached hydrogens (tertiary/aromatic N) is 1. The molecule has 2 fully saturated rings. The third-order valence-electron chi connectivity index (χ3n) is 6.52. The highest BCUT2D eigenvalue weighted by Crippen LogP contribution is 2.54. The molecule has 1 aromatic carbocycles. The Bertz CT molecular complexity index is 494. The summed E-state index contributed by atoms with van der Waals surface area (Å²) in [5.74, 6) is 2.39. The van der Waals surface area contributed by atoms with Crippen molar-refractivity contribution in [3.05, 3.63) is 35.4 Å². The summed E-state index contributed by atoms with van der Waals surface area (Å²) >= 11 is 0. The standard InChI is InChI=1S/C19H29N.C2H6/c1-13-7-6-8-17(11-13)19-9-10-20(5)18(16(19)4)15(3)14(2)12-19;1-2/h6-8,11,14-16,18H,9-10,12H2,1-5H3;1-2H3/t14?,15?,16-,18+,19+;/m1./s1. The van der Waals surface area contributed by atoms with Crippen molar-refractivity contribution in [2.75, 3.05) is 13.6 Å². The molecule has 1 heteroatoms. The zero-order chi connectivity index (χ0) is 16.5. The number of likely N-dealkylation sites (tertiary alicyclic amines) is 1. The zero-order valence-electron chi connectivity index (χ0n) is 15.7. The number of hydrogen-bond acceptors (Lipinski definition) is 1. The molecule has 1 aliphatic carbocycles. The van der Waals surface area contributed by atoms with Gasteiger partial charge in [0.1, 0.15) is 0 Å². The molecule has 124 valence electrons. The summed E-state index contributed by atoms with van der Waals surface area (Å²) in [7, 11) is 2.33. The van der Waals surface area contributed by atoms with E-state index in [0.29, 0.717) is 5.41 Å². The van der Waals surface area contributed by atoms with Crippen LogP contribution in [-0.4, -0.2) is 24.5 Å². The van der Waals surface area contributed by atoms with E-state index in [1.807, 2.05) is 13.8 Å². The largest absolute Gasteiger partial charge is 0.303 e. The first kappa shape index (κ1) is 17.5. The Hall–Kier alpha value is -0.820. The number of fused-ring (bicyclic) bond motifs is 2. The average molecular weight is 302 g/mol. The van der Waals surface area contributed by atoms with E-state index in [1.54, 1.807) is 5.56 Å². The molecule has 2 unspecified atom stereocenters. The summed E-state index contributed by atoms with van der Waals surface area (Å²) in [6, 6.07) is 10.1. The van der Waals surface area contributed by atoms with E-state index in [2.05, 4.69) is 63.9 Å². The zero-order valence-corrected chi connectivity index (χ0v) is 15.7. The summed E-state index contributed by atoms with van der Waals surface area (Å²) < 4.78 is 0. The monoisotopic (exact) mass is 301 g/mol. The molecule has 1 saturated carbocycles. The lowest BCUT2D eigenvalue weighted by molar-refractivity contribution is -0.0458. The average Bonchev–Trinajstić information content (AvgIpc) is 2.51. The van der Waals surface area contributed by atoms with Gasteiger partial charge in [0.25, 0.3) is 0 Å². The lowest BCUT2D eigenvalue weighted by Crippen LogP contribution is -2.61. The fraction of sp³-hybridized carbons (Fsp3) is 0.714. The summed E-state index contributed by atoms with van der Waals surface area (Å²) in [6.45, 7) is 14.9. The van der Waals surface area contributed by atoms with Gasteiger partial charge in [-0.2, -0.15) is 0 Å². The van der Waals surface area contributed by atoms with Crippen molar-refractivity contribution >= 4 is 0 Å². The van der Waals surface area contributed by atoms with E-state index in [0.717, 1.165) is 23.8 Å². The smallest absolute Gasteiger partial charge is 0.0154 e. The first-order chi connectivity index (χ1) is 10.5. The Kier molecular flexibility index (Phi) is 5.37. The lowest BCUT2D eigenvalue weighted by Gasteiger charge is -2.59. The van der Waals surface area contributed by atoms with E-state index >= 15 is 0 Å². The summed E-state index contributed by atoms with van der Waals surface area (Å²) in [4.78, 5) is 2.62. The van der Waals surface area contributed by atoms with Crippen molar-refractivity contribution in [1.29, 1.82) is 0 Å². The van der Waals surface area contributed by atoms with E-state index < -0.39 is 0 Å². The predicted octanol–water partition coefficient (Wildman–Crippen LogP) is 5.28. The Labute approximate surface area is 138 Å². The Morgan fingerprint density at radius 2 is 1.82 bits per heavy atom. The van der Waals surface area contributed by atoms with Gasteiger partial charge in [0.15, 0.2) is 0 Å². The van der Waals surface area contributed by atoms with Gasteiger partial charge in [-0.3, -0.25) is 0 Å². The van der Waals surface area contributed by atoms with Crippen molar-refractivity contribution < 1.29 is 0 Å². The molecule has 0 radical (unpaired) electrons. The number of benzene rings is 1. The van der Waals surface area contributed by atoms with Gasteiger partial charge in [0, 0.05) is 11.5 Å². The van der Waals surface area contributed by atoms with Crippen LogP contribution in [0.25, 0.3) is 0 Å². The maximum absolute atomic E-state index is 2.62. The van der Waals surface area contributed by atoms with Crippen molar-refractivity contribution in [3.8, 4) is 0 Å². The fourth-order valence-corrected chi connectivity index (χ4v) is 5.18. The highest BCUT2D eigenvalue weighted by atomic mass is 15.2.